The normalized spacial score (nSPS) is 9.83. The summed E-state index contributed by atoms with van der Waals surface area (Å²) >= 11 is 0. The molecule has 3 heteroatoms. The molecule has 0 spiro atoms. The average molecular weight is 165 g/mol. The second kappa shape index (κ2) is 4.72. The Balaban J connectivity index is 2.68. The number of nitrogens with one attached hydrogen (secondary N) is 1. The van der Waals surface area contributed by atoms with Crippen molar-refractivity contribution in [1.29, 1.82) is 0 Å². The van der Waals surface area contributed by atoms with Gasteiger partial charge in [0, 0.05) is 24.8 Å². The third kappa shape index (κ3) is 2.20. The summed E-state index contributed by atoms with van der Waals surface area (Å²) in [4.78, 5) is 4.20. The number of anilines is 1. The number of nitrogens with two attached hydrogens (primary N) is 1. The maximum absolute atomic E-state index is 5.54. The lowest BCUT2D eigenvalue weighted by Crippen LogP contribution is -2.07. The topological polar surface area (TPSA) is 50.9 Å². The largest absolute Gasteiger partial charge is 0.370 e. The van der Waals surface area contributed by atoms with Gasteiger partial charge in [-0.15, -0.1) is 0 Å². The molecule has 1 rings (SSSR count). The van der Waals surface area contributed by atoms with E-state index in [-0.39, 0.29) is 0 Å². The molecule has 0 atom stereocenters. The van der Waals surface area contributed by atoms with Crippen molar-refractivity contribution >= 4 is 5.82 Å². The van der Waals surface area contributed by atoms with E-state index in [0.717, 1.165) is 24.3 Å². The fraction of sp³-hybridized carbons (Fsp3) is 0.444. The van der Waals surface area contributed by atoms with Crippen LogP contribution in [0, 0.1) is 0 Å². The maximum Gasteiger partial charge on any atom is 0.130 e. The molecule has 0 aliphatic carbocycles. The van der Waals surface area contributed by atoms with Crippen molar-refractivity contribution in [3.63, 3.8) is 0 Å². The SMILES string of the molecule is CCCNc1ncccc1CN. The van der Waals surface area contributed by atoms with E-state index < -0.39 is 0 Å². The molecular formula is C9H15N3. The summed E-state index contributed by atoms with van der Waals surface area (Å²) < 4.78 is 0. The number of aromatic nitrogens is 1. The standard InChI is InChI=1S/C9H15N3/c1-2-5-11-9-8(7-10)4-3-6-12-9/h3-4,6H,2,5,7,10H2,1H3,(H,11,12). The molecule has 0 aromatic carbocycles. The highest BCUT2D eigenvalue weighted by molar-refractivity contribution is 5.43. The van der Waals surface area contributed by atoms with Crippen molar-refractivity contribution in [3.8, 4) is 0 Å². The molecule has 0 aliphatic rings. The molecule has 3 N–H and O–H groups in total. The van der Waals surface area contributed by atoms with Crippen LogP contribution in [0.2, 0.25) is 0 Å². The van der Waals surface area contributed by atoms with Crippen LogP contribution < -0.4 is 11.1 Å². The molecule has 0 saturated carbocycles. The zero-order valence-corrected chi connectivity index (χ0v) is 7.38. The molecule has 3 nitrogen and oxygen atoms in total. The van der Waals surface area contributed by atoms with Crippen LogP contribution in [0.1, 0.15) is 18.9 Å². The van der Waals surface area contributed by atoms with E-state index in [1.54, 1.807) is 6.20 Å². The van der Waals surface area contributed by atoms with Gasteiger partial charge in [-0.2, -0.15) is 0 Å². The first-order valence-corrected chi connectivity index (χ1v) is 4.26. The number of hydrogen-bond donors (Lipinski definition) is 2. The third-order valence-corrected chi connectivity index (χ3v) is 1.65. The number of rotatable bonds is 4. The summed E-state index contributed by atoms with van der Waals surface area (Å²) in [5.41, 5.74) is 6.62. The van der Waals surface area contributed by atoms with E-state index in [1.807, 2.05) is 12.1 Å². The van der Waals surface area contributed by atoms with Crippen LogP contribution in [0.25, 0.3) is 0 Å². The van der Waals surface area contributed by atoms with Crippen LogP contribution in [0.3, 0.4) is 0 Å². The highest BCUT2D eigenvalue weighted by Gasteiger charge is 1.98. The Morgan fingerprint density at radius 3 is 3.08 bits per heavy atom. The van der Waals surface area contributed by atoms with Gasteiger partial charge in [0.05, 0.1) is 0 Å². The van der Waals surface area contributed by atoms with Crippen molar-refractivity contribution in [2.75, 3.05) is 11.9 Å². The van der Waals surface area contributed by atoms with Gasteiger partial charge in [0.1, 0.15) is 5.82 Å². The second-order valence-corrected chi connectivity index (χ2v) is 2.64. The van der Waals surface area contributed by atoms with Crippen molar-refractivity contribution in [2.24, 2.45) is 5.73 Å². The van der Waals surface area contributed by atoms with Crippen molar-refractivity contribution in [2.45, 2.75) is 19.9 Å². The molecule has 0 aliphatic heterocycles. The van der Waals surface area contributed by atoms with E-state index in [1.165, 1.54) is 0 Å². The van der Waals surface area contributed by atoms with E-state index in [2.05, 4.69) is 17.2 Å². The summed E-state index contributed by atoms with van der Waals surface area (Å²) in [6.45, 7) is 3.61. The number of nitrogens with zero attached hydrogens (tertiary/aromatic N) is 1. The van der Waals surface area contributed by atoms with Gasteiger partial charge in [-0.3, -0.25) is 0 Å². The van der Waals surface area contributed by atoms with Crippen molar-refractivity contribution in [1.82, 2.24) is 4.98 Å². The molecule has 0 unspecified atom stereocenters. The average Bonchev–Trinajstić information content (AvgIpc) is 2.15. The zero-order valence-electron chi connectivity index (χ0n) is 7.38. The van der Waals surface area contributed by atoms with Crippen molar-refractivity contribution < 1.29 is 0 Å². The molecule has 0 fully saturated rings. The van der Waals surface area contributed by atoms with Crippen molar-refractivity contribution in [3.05, 3.63) is 23.9 Å². The predicted molar refractivity (Wildman–Crippen MR) is 50.9 cm³/mol. The van der Waals surface area contributed by atoms with Gasteiger partial charge in [0.2, 0.25) is 0 Å². The van der Waals surface area contributed by atoms with Crippen LogP contribution in [0.4, 0.5) is 5.82 Å². The van der Waals surface area contributed by atoms with Gasteiger partial charge in [-0.1, -0.05) is 13.0 Å². The molecule has 0 radical (unpaired) electrons. The monoisotopic (exact) mass is 165 g/mol. The first kappa shape index (κ1) is 9.00. The maximum atomic E-state index is 5.54. The highest BCUT2D eigenvalue weighted by atomic mass is 15.0. The minimum absolute atomic E-state index is 0.542. The molecule has 1 aromatic rings. The fourth-order valence-corrected chi connectivity index (χ4v) is 1.01. The summed E-state index contributed by atoms with van der Waals surface area (Å²) in [6, 6.07) is 3.89. The van der Waals surface area contributed by atoms with Crippen LogP contribution >= 0.6 is 0 Å². The molecule has 1 aromatic heterocycles. The molecular weight excluding hydrogens is 150 g/mol. The molecule has 1 heterocycles. The molecule has 66 valence electrons. The summed E-state index contributed by atoms with van der Waals surface area (Å²) in [5.74, 6) is 0.918. The summed E-state index contributed by atoms with van der Waals surface area (Å²) in [7, 11) is 0. The lowest BCUT2D eigenvalue weighted by Gasteiger charge is -2.07. The Bertz CT molecular complexity index is 235. The van der Waals surface area contributed by atoms with E-state index >= 15 is 0 Å². The third-order valence-electron chi connectivity index (χ3n) is 1.65. The Kier molecular flexibility index (Phi) is 3.54. The second-order valence-electron chi connectivity index (χ2n) is 2.64. The van der Waals surface area contributed by atoms with E-state index in [0.29, 0.717) is 6.54 Å². The van der Waals surface area contributed by atoms with Crippen LogP contribution in [-0.2, 0) is 6.54 Å². The first-order chi connectivity index (χ1) is 5.88. The molecule has 0 saturated heterocycles. The van der Waals surface area contributed by atoms with Gasteiger partial charge < -0.3 is 11.1 Å². The Hall–Kier alpha value is -1.09. The number of pyridine rings is 1. The van der Waals surface area contributed by atoms with Crippen LogP contribution in [0.5, 0.6) is 0 Å². The molecule has 0 bridgehead atoms. The Morgan fingerprint density at radius 2 is 2.42 bits per heavy atom. The lowest BCUT2D eigenvalue weighted by atomic mass is 10.2. The van der Waals surface area contributed by atoms with Gasteiger partial charge in [0.25, 0.3) is 0 Å². The highest BCUT2D eigenvalue weighted by Crippen LogP contribution is 2.09. The van der Waals surface area contributed by atoms with Gasteiger partial charge >= 0.3 is 0 Å². The summed E-state index contributed by atoms with van der Waals surface area (Å²) in [5, 5.41) is 3.22. The molecule has 12 heavy (non-hydrogen) atoms. The first-order valence-electron chi connectivity index (χ1n) is 4.26. The van der Waals surface area contributed by atoms with Gasteiger partial charge in [-0.05, 0) is 12.5 Å². The molecule has 0 amide bonds. The minimum Gasteiger partial charge on any atom is -0.370 e. The quantitative estimate of drug-likeness (QED) is 0.708. The lowest BCUT2D eigenvalue weighted by molar-refractivity contribution is 0.953. The Labute approximate surface area is 73.0 Å². The van der Waals surface area contributed by atoms with Crippen LogP contribution in [0.15, 0.2) is 18.3 Å². The van der Waals surface area contributed by atoms with Crippen LogP contribution in [-0.4, -0.2) is 11.5 Å². The summed E-state index contributed by atoms with van der Waals surface area (Å²) in [6.07, 6.45) is 2.87. The predicted octanol–water partition coefficient (Wildman–Crippen LogP) is 1.36. The fourth-order valence-electron chi connectivity index (χ4n) is 1.01. The smallest absolute Gasteiger partial charge is 0.130 e. The minimum atomic E-state index is 0.542. The zero-order chi connectivity index (χ0) is 8.81. The van der Waals surface area contributed by atoms with Gasteiger partial charge in [0.15, 0.2) is 0 Å². The Morgan fingerprint density at radius 1 is 1.58 bits per heavy atom. The number of hydrogen-bond acceptors (Lipinski definition) is 3. The van der Waals surface area contributed by atoms with E-state index in [4.69, 9.17) is 5.73 Å². The van der Waals surface area contributed by atoms with E-state index in [9.17, 15) is 0 Å². The van der Waals surface area contributed by atoms with Gasteiger partial charge in [-0.25, -0.2) is 4.98 Å².